The summed E-state index contributed by atoms with van der Waals surface area (Å²) in [7, 11) is 1.95. The van der Waals surface area contributed by atoms with Crippen molar-refractivity contribution in [2.45, 2.75) is 6.54 Å². The largest absolute Gasteiger partial charge is 0.340 e. The molecular formula is C17H14N6O. The Morgan fingerprint density at radius 3 is 2.71 bits per heavy atom. The smallest absolute Gasteiger partial charge is 0.225 e. The van der Waals surface area contributed by atoms with Gasteiger partial charge in [0.2, 0.25) is 5.95 Å². The van der Waals surface area contributed by atoms with Gasteiger partial charge in [-0.2, -0.15) is 0 Å². The van der Waals surface area contributed by atoms with Gasteiger partial charge in [-0.05, 0) is 46.2 Å². The van der Waals surface area contributed by atoms with Crippen LogP contribution in [0.5, 0.6) is 0 Å². The van der Waals surface area contributed by atoms with Crippen molar-refractivity contribution in [1.82, 2.24) is 25.3 Å². The molecule has 0 saturated carbocycles. The van der Waals surface area contributed by atoms with Crippen LogP contribution in [0, 0.1) is 0 Å². The summed E-state index contributed by atoms with van der Waals surface area (Å²) in [4.78, 5) is 15.3. The summed E-state index contributed by atoms with van der Waals surface area (Å²) in [6, 6.07) is 13.4. The lowest BCUT2D eigenvalue weighted by Crippen LogP contribution is -2.19. The second-order valence-electron chi connectivity index (χ2n) is 5.40. The number of nitrogens with zero attached hydrogens (tertiary/aromatic N) is 6. The lowest BCUT2D eigenvalue weighted by atomic mass is 10.2. The van der Waals surface area contributed by atoms with Crippen molar-refractivity contribution >= 4 is 17.0 Å². The maximum absolute atomic E-state index is 4.73. The van der Waals surface area contributed by atoms with Crippen LogP contribution in [-0.4, -0.2) is 32.3 Å². The Morgan fingerprint density at radius 2 is 1.83 bits per heavy atom. The Hall–Kier alpha value is -3.35. The summed E-state index contributed by atoms with van der Waals surface area (Å²) in [5.74, 6) is 0.636. The van der Waals surface area contributed by atoms with E-state index in [0.29, 0.717) is 12.5 Å². The maximum atomic E-state index is 4.73. The van der Waals surface area contributed by atoms with Crippen molar-refractivity contribution in [3.05, 3.63) is 60.4 Å². The molecule has 1 aromatic carbocycles. The fourth-order valence-electron chi connectivity index (χ4n) is 2.46. The summed E-state index contributed by atoms with van der Waals surface area (Å²) in [6.45, 7) is 0.647. The molecule has 0 radical (unpaired) electrons. The summed E-state index contributed by atoms with van der Waals surface area (Å²) >= 11 is 0. The third-order valence-corrected chi connectivity index (χ3v) is 3.65. The molecule has 0 fully saturated rings. The van der Waals surface area contributed by atoms with Crippen LogP contribution in [0.2, 0.25) is 0 Å². The van der Waals surface area contributed by atoms with Crippen molar-refractivity contribution in [2.24, 2.45) is 0 Å². The Labute approximate surface area is 138 Å². The molecule has 0 aliphatic rings. The molecule has 3 aromatic heterocycles. The molecule has 0 spiro atoms. The predicted molar refractivity (Wildman–Crippen MR) is 89.2 cm³/mol. The Bertz CT molecular complexity index is 969. The van der Waals surface area contributed by atoms with Gasteiger partial charge in [-0.1, -0.05) is 12.1 Å². The molecule has 0 saturated heterocycles. The number of aromatic nitrogens is 5. The molecule has 3 heterocycles. The number of pyridine rings is 1. The molecule has 0 bridgehead atoms. The molecule has 0 aliphatic heterocycles. The highest BCUT2D eigenvalue weighted by molar-refractivity contribution is 5.73. The zero-order valence-electron chi connectivity index (χ0n) is 13.0. The molecule has 118 valence electrons. The normalized spacial score (nSPS) is 10.9. The molecule has 0 amide bonds. The number of benzene rings is 1. The van der Waals surface area contributed by atoms with Crippen LogP contribution in [0.1, 0.15) is 5.56 Å². The minimum atomic E-state index is 0.636. The van der Waals surface area contributed by atoms with E-state index in [1.807, 2.05) is 54.4 Å². The number of hydrogen-bond acceptors (Lipinski definition) is 7. The van der Waals surface area contributed by atoms with Crippen molar-refractivity contribution in [3.63, 3.8) is 0 Å². The van der Waals surface area contributed by atoms with E-state index >= 15 is 0 Å². The molecule has 0 unspecified atom stereocenters. The highest BCUT2D eigenvalue weighted by Crippen LogP contribution is 2.18. The van der Waals surface area contributed by atoms with Crippen molar-refractivity contribution < 1.29 is 4.63 Å². The minimum absolute atomic E-state index is 0.636. The van der Waals surface area contributed by atoms with E-state index < -0.39 is 0 Å². The third kappa shape index (κ3) is 2.79. The molecule has 4 aromatic rings. The Kier molecular flexibility index (Phi) is 3.59. The summed E-state index contributed by atoms with van der Waals surface area (Å²) in [5, 5.41) is 7.68. The van der Waals surface area contributed by atoms with Gasteiger partial charge in [0.15, 0.2) is 0 Å². The van der Waals surface area contributed by atoms with Gasteiger partial charge in [0.05, 0.1) is 11.4 Å². The minimum Gasteiger partial charge on any atom is -0.340 e. The van der Waals surface area contributed by atoms with Crippen molar-refractivity contribution in [3.8, 4) is 11.4 Å². The van der Waals surface area contributed by atoms with E-state index in [1.165, 1.54) is 0 Å². The lowest BCUT2D eigenvalue weighted by molar-refractivity contribution is 0.315. The van der Waals surface area contributed by atoms with Crippen LogP contribution >= 0.6 is 0 Å². The first-order chi connectivity index (χ1) is 11.8. The average Bonchev–Trinajstić information content (AvgIpc) is 3.10. The molecule has 0 aliphatic carbocycles. The standard InChI is InChI=1S/C17H14N6O/c1-23(11-12-5-6-15-16(10-12)22-24-21-15)17-19-9-7-14(20-17)13-4-2-3-8-18-13/h2-10H,11H2,1H3. The second kappa shape index (κ2) is 6.04. The van der Waals surface area contributed by atoms with E-state index in [2.05, 4.69) is 25.3 Å². The first kappa shape index (κ1) is 14.3. The Balaban J connectivity index is 1.58. The first-order valence-electron chi connectivity index (χ1n) is 7.46. The summed E-state index contributed by atoms with van der Waals surface area (Å²) < 4.78 is 4.73. The highest BCUT2D eigenvalue weighted by atomic mass is 16.6. The van der Waals surface area contributed by atoms with Gasteiger partial charge in [-0.15, -0.1) is 0 Å². The molecule has 4 rings (SSSR count). The quantitative estimate of drug-likeness (QED) is 0.572. The molecule has 0 N–H and O–H groups in total. The molecule has 7 heteroatoms. The summed E-state index contributed by atoms with van der Waals surface area (Å²) in [6.07, 6.45) is 3.50. The predicted octanol–water partition coefficient (Wildman–Crippen LogP) is 2.71. The average molecular weight is 318 g/mol. The number of rotatable bonds is 4. The van der Waals surface area contributed by atoms with Crippen LogP contribution < -0.4 is 4.90 Å². The molecular weight excluding hydrogens is 304 g/mol. The van der Waals surface area contributed by atoms with Crippen LogP contribution in [0.25, 0.3) is 22.4 Å². The monoisotopic (exact) mass is 318 g/mol. The third-order valence-electron chi connectivity index (χ3n) is 3.65. The van der Waals surface area contributed by atoms with Gasteiger partial charge < -0.3 is 4.90 Å². The summed E-state index contributed by atoms with van der Waals surface area (Å²) in [5.41, 5.74) is 4.18. The Morgan fingerprint density at radius 1 is 0.917 bits per heavy atom. The second-order valence-corrected chi connectivity index (χ2v) is 5.40. The zero-order valence-corrected chi connectivity index (χ0v) is 13.0. The van der Waals surface area contributed by atoms with Crippen LogP contribution in [0.15, 0.2) is 59.5 Å². The van der Waals surface area contributed by atoms with E-state index in [-0.39, 0.29) is 0 Å². The molecule has 7 nitrogen and oxygen atoms in total. The van der Waals surface area contributed by atoms with Crippen LogP contribution in [0.4, 0.5) is 5.95 Å². The van der Waals surface area contributed by atoms with E-state index in [9.17, 15) is 0 Å². The van der Waals surface area contributed by atoms with E-state index in [4.69, 9.17) is 4.63 Å². The highest BCUT2D eigenvalue weighted by Gasteiger charge is 2.09. The zero-order chi connectivity index (χ0) is 16.4. The topological polar surface area (TPSA) is 80.8 Å². The van der Waals surface area contributed by atoms with E-state index in [1.54, 1.807) is 12.4 Å². The van der Waals surface area contributed by atoms with Gasteiger partial charge in [0.1, 0.15) is 11.0 Å². The van der Waals surface area contributed by atoms with Gasteiger partial charge >= 0.3 is 0 Å². The van der Waals surface area contributed by atoms with E-state index in [0.717, 1.165) is 28.0 Å². The molecule has 24 heavy (non-hydrogen) atoms. The van der Waals surface area contributed by atoms with Gasteiger partial charge in [-0.3, -0.25) is 4.98 Å². The first-order valence-corrected chi connectivity index (χ1v) is 7.46. The number of hydrogen-bond donors (Lipinski definition) is 0. The van der Waals surface area contributed by atoms with Gasteiger partial charge in [0, 0.05) is 26.0 Å². The van der Waals surface area contributed by atoms with Crippen LogP contribution in [-0.2, 0) is 6.54 Å². The lowest BCUT2D eigenvalue weighted by Gasteiger charge is -2.17. The fraction of sp³-hybridized carbons (Fsp3) is 0.118. The maximum Gasteiger partial charge on any atom is 0.225 e. The fourth-order valence-corrected chi connectivity index (χ4v) is 2.46. The van der Waals surface area contributed by atoms with Gasteiger partial charge in [0.25, 0.3) is 0 Å². The van der Waals surface area contributed by atoms with Crippen molar-refractivity contribution in [1.29, 1.82) is 0 Å². The SMILES string of the molecule is CN(Cc1ccc2nonc2c1)c1nccc(-c2ccccn2)n1. The number of anilines is 1. The number of fused-ring (bicyclic) bond motifs is 1. The molecule has 0 atom stereocenters. The van der Waals surface area contributed by atoms with Crippen molar-refractivity contribution in [2.75, 3.05) is 11.9 Å². The van der Waals surface area contributed by atoms with Crippen LogP contribution in [0.3, 0.4) is 0 Å². The van der Waals surface area contributed by atoms with Gasteiger partial charge in [-0.25, -0.2) is 14.6 Å².